The van der Waals surface area contributed by atoms with Crippen molar-refractivity contribution in [2.24, 2.45) is 5.92 Å². The molecule has 1 aliphatic carbocycles. The van der Waals surface area contributed by atoms with Gasteiger partial charge in [-0.1, -0.05) is 12.3 Å². The number of hydrogen-bond donors (Lipinski definition) is 1. The summed E-state index contributed by atoms with van der Waals surface area (Å²) in [6.45, 7) is 2.28. The van der Waals surface area contributed by atoms with Gasteiger partial charge >= 0.3 is 0 Å². The molecule has 0 radical (unpaired) electrons. The van der Waals surface area contributed by atoms with E-state index >= 15 is 0 Å². The maximum atomic E-state index is 11.1. The monoisotopic (exact) mass is 151 g/mol. The molecule has 0 unspecified atom stereocenters. The molecule has 0 atom stereocenters. The minimum absolute atomic E-state index is 0.180. The first-order valence-electron chi connectivity index (χ1n) is 4.02. The zero-order valence-electron chi connectivity index (χ0n) is 6.81. The van der Waals surface area contributed by atoms with E-state index in [4.69, 9.17) is 0 Å². The van der Waals surface area contributed by atoms with E-state index < -0.39 is 0 Å². The lowest BCUT2D eigenvalue weighted by atomic mass is 9.85. The molecule has 11 heavy (non-hydrogen) atoms. The van der Waals surface area contributed by atoms with Gasteiger partial charge in [-0.3, -0.25) is 4.79 Å². The lowest BCUT2D eigenvalue weighted by Gasteiger charge is -2.23. The second-order valence-electron chi connectivity index (χ2n) is 2.77. The van der Waals surface area contributed by atoms with Crippen LogP contribution >= 0.6 is 0 Å². The third-order valence-electron chi connectivity index (χ3n) is 2.00. The molecule has 0 aromatic carbocycles. The second-order valence-corrected chi connectivity index (χ2v) is 2.77. The Bertz CT molecular complexity index is 195. The maximum absolute atomic E-state index is 11.1. The molecule has 2 nitrogen and oxygen atoms in total. The van der Waals surface area contributed by atoms with E-state index in [1.54, 1.807) is 6.92 Å². The van der Waals surface area contributed by atoms with E-state index in [2.05, 4.69) is 17.2 Å². The summed E-state index contributed by atoms with van der Waals surface area (Å²) in [5, 5.41) is 2.77. The summed E-state index contributed by atoms with van der Waals surface area (Å²) in [6, 6.07) is 0. The lowest BCUT2D eigenvalue weighted by Crippen LogP contribution is -2.34. The lowest BCUT2D eigenvalue weighted by molar-refractivity contribution is -0.127. The van der Waals surface area contributed by atoms with Crippen LogP contribution in [-0.4, -0.2) is 12.5 Å². The molecule has 0 heterocycles. The number of rotatable bonds is 2. The van der Waals surface area contributed by atoms with Crippen molar-refractivity contribution in [1.82, 2.24) is 5.32 Å². The number of carbonyl (C=O) groups excluding carboxylic acids is 1. The van der Waals surface area contributed by atoms with Crippen LogP contribution < -0.4 is 5.32 Å². The molecule has 0 bridgehead atoms. The highest BCUT2D eigenvalue weighted by Gasteiger charge is 2.24. The molecule has 0 aromatic rings. The molecule has 0 aromatic heterocycles. The molecule has 1 rings (SSSR count). The van der Waals surface area contributed by atoms with E-state index in [1.165, 1.54) is 6.42 Å². The van der Waals surface area contributed by atoms with Gasteiger partial charge in [0.2, 0.25) is 5.91 Å². The first kappa shape index (κ1) is 8.13. The number of amides is 1. The second kappa shape index (κ2) is 4.02. The normalized spacial score (nSPS) is 16.1. The minimum Gasteiger partial charge on any atom is -0.345 e. The van der Waals surface area contributed by atoms with E-state index in [-0.39, 0.29) is 11.8 Å². The van der Waals surface area contributed by atoms with Crippen LogP contribution in [0.15, 0.2) is 0 Å². The van der Waals surface area contributed by atoms with Gasteiger partial charge in [0.25, 0.3) is 0 Å². The predicted octanol–water partition coefficient (Wildman–Crippen LogP) is 0.926. The smallest absolute Gasteiger partial charge is 0.223 e. The Morgan fingerprint density at radius 3 is 2.82 bits per heavy atom. The van der Waals surface area contributed by atoms with Crippen LogP contribution in [0.2, 0.25) is 0 Å². The summed E-state index contributed by atoms with van der Waals surface area (Å²) < 4.78 is 0. The van der Waals surface area contributed by atoms with Gasteiger partial charge in [-0.15, -0.1) is 5.92 Å². The van der Waals surface area contributed by atoms with Crippen LogP contribution in [0.4, 0.5) is 0 Å². The van der Waals surface area contributed by atoms with E-state index in [0.717, 1.165) is 12.8 Å². The van der Waals surface area contributed by atoms with Crippen molar-refractivity contribution < 1.29 is 4.79 Å². The third-order valence-corrected chi connectivity index (χ3v) is 2.00. The molecule has 0 spiro atoms. The van der Waals surface area contributed by atoms with Gasteiger partial charge in [-0.25, -0.2) is 0 Å². The van der Waals surface area contributed by atoms with Crippen molar-refractivity contribution in [2.75, 3.05) is 6.54 Å². The minimum atomic E-state index is 0.180. The van der Waals surface area contributed by atoms with E-state index in [0.29, 0.717) is 6.54 Å². The number of carbonyl (C=O) groups is 1. The van der Waals surface area contributed by atoms with Crippen LogP contribution in [0.3, 0.4) is 0 Å². The van der Waals surface area contributed by atoms with Gasteiger partial charge in [0.1, 0.15) is 0 Å². The fourth-order valence-electron chi connectivity index (χ4n) is 1.03. The summed E-state index contributed by atoms with van der Waals surface area (Å²) in [6.07, 6.45) is 3.33. The summed E-state index contributed by atoms with van der Waals surface area (Å²) in [7, 11) is 0. The Labute approximate surface area is 67.4 Å². The van der Waals surface area contributed by atoms with Crippen molar-refractivity contribution in [3.05, 3.63) is 0 Å². The van der Waals surface area contributed by atoms with Gasteiger partial charge in [0, 0.05) is 5.92 Å². The molecule has 1 fully saturated rings. The zero-order chi connectivity index (χ0) is 8.10. The Kier molecular flexibility index (Phi) is 2.97. The third kappa shape index (κ3) is 2.27. The highest BCUT2D eigenvalue weighted by Crippen LogP contribution is 2.25. The molecular formula is C9H13NO. The molecule has 0 aliphatic heterocycles. The van der Waals surface area contributed by atoms with E-state index in [9.17, 15) is 4.79 Å². The zero-order valence-corrected chi connectivity index (χ0v) is 6.81. The van der Waals surface area contributed by atoms with Crippen LogP contribution in [-0.2, 0) is 4.79 Å². The van der Waals surface area contributed by atoms with Crippen LogP contribution in [0.5, 0.6) is 0 Å². The topological polar surface area (TPSA) is 29.1 Å². The van der Waals surface area contributed by atoms with Crippen molar-refractivity contribution in [3.8, 4) is 11.8 Å². The van der Waals surface area contributed by atoms with Crippen molar-refractivity contribution >= 4 is 5.91 Å². The van der Waals surface area contributed by atoms with Gasteiger partial charge < -0.3 is 5.32 Å². The number of nitrogens with one attached hydrogen (secondary N) is 1. The average Bonchev–Trinajstić information content (AvgIpc) is 1.84. The fraction of sp³-hybridized carbons (Fsp3) is 0.667. The molecule has 1 N–H and O–H groups in total. The molecule has 1 saturated carbocycles. The molecular weight excluding hydrogens is 138 g/mol. The summed E-state index contributed by atoms with van der Waals surface area (Å²) in [5.74, 6) is 6.00. The molecule has 1 aliphatic rings. The molecule has 1 amide bonds. The molecule has 60 valence electrons. The summed E-state index contributed by atoms with van der Waals surface area (Å²) in [5.41, 5.74) is 0. The van der Waals surface area contributed by atoms with Crippen molar-refractivity contribution in [2.45, 2.75) is 26.2 Å². The predicted molar refractivity (Wildman–Crippen MR) is 43.8 cm³/mol. The highest BCUT2D eigenvalue weighted by molar-refractivity contribution is 5.79. The Morgan fingerprint density at radius 1 is 1.64 bits per heavy atom. The van der Waals surface area contributed by atoms with Crippen LogP contribution in [0.25, 0.3) is 0 Å². The van der Waals surface area contributed by atoms with Crippen molar-refractivity contribution in [3.63, 3.8) is 0 Å². The Hall–Kier alpha value is -0.970. The summed E-state index contributed by atoms with van der Waals surface area (Å²) in [4.78, 5) is 11.1. The first-order chi connectivity index (χ1) is 5.34. The standard InChI is InChI=1S/C9H13NO/c1-2-3-7-10-9(11)8-5-4-6-8/h8H,4-7H2,1H3,(H,10,11). The van der Waals surface area contributed by atoms with Gasteiger partial charge in [-0.2, -0.15) is 0 Å². The number of hydrogen-bond acceptors (Lipinski definition) is 1. The largest absolute Gasteiger partial charge is 0.345 e. The van der Waals surface area contributed by atoms with Crippen molar-refractivity contribution in [1.29, 1.82) is 0 Å². The SMILES string of the molecule is CC#CCNC(=O)C1CCC1. The van der Waals surface area contributed by atoms with Gasteiger partial charge in [0.15, 0.2) is 0 Å². The fourth-order valence-corrected chi connectivity index (χ4v) is 1.03. The van der Waals surface area contributed by atoms with Gasteiger partial charge in [0.05, 0.1) is 6.54 Å². The molecule has 0 saturated heterocycles. The van der Waals surface area contributed by atoms with Gasteiger partial charge in [-0.05, 0) is 19.8 Å². The van der Waals surface area contributed by atoms with Crippen LogP contribution in [0, 0.1) is 17.8 Å². The maximum Gasteiger partial charge on any atom is 0.223 e. The van der Waals surface area contributed by atoms with Crippen LogP contribution in [0.1, 0.15) is 26.2 Å². The highest BCUT2D eigenvalue weighted by atomic mass is 16.1. The average molecular weight is 151 g/mol. The van der Waals surface area contributed by atoms with E-state index in [1.807, 2.05) is 0 Å². The Balaban J connectivity index is 2.13. The first-order valence-corrected chi connectivity index (χ1v) is 4.02. The quantitative estimate of drug-likeness (QED) is 0.584. The Morgan fingerprint density at radius 2 is 2.36 bits per heavy atom. The molecule has 2 heteroatoms. The summed E-state index contributed by atoms with van der Waals surface area (Å²) >= 11 is 0.